The maximum absolute atomic E-state index is 12.1. The predicted octanol–water partition coefficient (Wildman–Crippen LogP) is 2.91. The van der Waals surface area contributed by atoms with Gasteiger partial charge in [-0.25, -0.2) is 29.9 Å². The highest BCUT2D eigenvalue weighted by molar-refractivity contribution is 5.96. The Morgan fingerprint density at radius 1 is 0.861 bits per heavy atom. The van der Waals surface area contributed by atoms with Gasteiger partial charge < -0.3 is 22.1 Å². The molecule has 1 aromatic carbocycles. The Labute approximate surface area is 207 Å². The van der Waals surface area contributed by atoms with Gasteiger partial charge in [0, 0.05) is 53.7 Å². The van der Waals surface area contributed by atoms with Crippen molar-refractivity contribution in [2.75, 3.05) is 10.6 Å². The summed E-state index contributed by atoms with van der Waals surface area (Å²) in [6.07, 6.45) is 12.3. The van der Waals surface area contributed by atoms with Crippen LogP contribution in [0.15, 0.2) is 61.3 Å². The summed E-state index contributed by atoms with van der Waals surface area (Å²) in [7, 11) is 0. The average molecular weight is 483 g/mol. The lowest BCUT2D eigenvalue weighted by molar-refractivity contribution is 0.0996. The summed E-state index contributed by atoms with van der Waals surface area (Å²) in [5.74, 6) is 1.10. The lowest BCUT2D eigenvalue weighted by Gasteiger charge is -2.29. The molecule has 11 heteroatoms. The van der Waals surface area contributed by atoms with E-state index in [-0.39, 0.29) is 23.6 Å². The average Bonchev–Trinajstić information content (AvgIpc) is 2.91. The number of nitrogens with two attached hydrogens (primary N) is 2. The molecule has 1 saturated carbocycles. The SMILES string of the molecule is NC(=O)c1ncc(N[C@@H]2CCCC[C@@H]2N)nc1Nc1cc(-c2ncccn2)cc(-c2ncccn2)c1. The van der Waals surface area contributed by atoms with Crippen LogP contribution in [0.5, 0.6) is 0 Å². The normalized spacial score (nSPS) is 17.4. The minimum Gasteiger partial charge on any atom is -0.364 e. The maximum Gasteiger partial charge on any atom is 0.271 e. The summed E-state index contributed by atoms with van der Waals surface area (Å²) in [5.41, 5.74) is 14.0. The number of nitrogens with zero attached hydrogens (tertiary/aromatic N) is 6. The topological polar surface area (TPSA) is 171 Å². The van der Waals surface area contributed by atoms with Crippen LogP contribution in [-0.2, 0) is 0 Å². The largest absolute Gasteiger partial charge is 0.364 e. The first-order valence-corrected chi connectivity index (χ1v) is 11.7. The second-order valence-corrected chi connectivity index (χ2v) is 8.58. The van der Waals surface area contributed by atoms with Crippen LogP contribution in [0.3, 0.4) is 0 Å². The number of primary amides is 1. The fraction of sp³-hybridized carbons (Fsp3) is 0.240. The van der Waals surface area contributed by atoms with E-state index >= 15 is 0 Å². The van der Waals surface area contributed by atoms with E-state index in [0.29, 0.717) is 23.2 Å². The summed E-state index contributed by atoms with van der Waals surface area (Å²) in [5, 5.41) is 6.57. The Bertz CT molecular complexity index is 1290. The van der Waals surface area contributed by atoms with E-state index in [1.54, 1.807) is 36.9 Å². The van der Waals surface area contributed by atoms with Crippen molar-refractivity contribution in [3.8, 4) is 22.8 Å². The Morgan fingerprint density at radius 2 is 1.47 bits per heavy atom. The number of benzene rings is 1. The van der Waals surface area contributed by atoms with Crippen LogP contribution >= 0.6 is 0 Å². The van der Waals surface area contributed by atoms with Gasteiger partial charge in [-0.05, 0) is 43.2 Å². The van der Waals surface area contributed by atoms with E-state index in [1.807, 2.05) is 18.2 Å². The highest BCUT2D eigenvalue weighted by atomic mass is 16.1. The molecular formula is C25H26N10O. The van der Waals surface area contributed by atoms with E-state index < -0.39 is 5.91 Å². The number of amides is 1. The van der Waals surface area contributed by atoms with Crippen LogP contribution in [0, 0.1) is 0 Å². The molecular weight excluding hydrogens is 456 g/mol. The molecule has 0 saturated heterocycles. The molecule has 1 aliphatic rings. The second kappa shape index (κ2) is 10.4. The number of anilines is 3. The molecule has 1 fully saturated rings. The van der Waals surface area contributed by atoms with Crippen LogP contribution in [0.25, 0.3) is 22.8 Å². The van der Waals surface area contributed by atoms with E-state index in [4.69, 9.17) is 11.5 Å². The molecule has 1 amide bonds. The van der Waals surface area contributed by atoms with Crippen molar-refractivity contribution in [2.45, 2.75) is 37.8 Å². The first kappa shape index (κ1) is 23.2. The summed E-state index contributed by atoms with van der Waals surface area (Å²) in [6, 6.07) is 9.22. The van der Waals surface area contributed by atoms with Crippen molar-refractivity contribution >= 4 is 23.2 Å². The monoisotopic (exact) mass is 482 g/mol. The van der Waals surface area contributed by atoms with Crippen molar-refractivity contribution in [1.29, 1.82) is 0 Å². The summed E-state index contributed by atoms with van der Waals surface area (Å²) < 4.78 is 0. The summed E-state index contributed by atoms with van der Waals surface area (Å²) in [4.78, 5) is 38.5. The van der Waals surface area contributed by atoms with Gasteiger partial charge in [-0.1, -0.05) is 12.8 Å². The number of carbonyl (C=O) groups excluding carboxylic acids is 1. The molecule has 0 spiro atoms. The fourth-order valence-corrected chi connectivity index (χ4v) is 4.25. The van der Waals surface area contributed by atoms with Crippen LogP contribution < -0.4 is 22.1 Å². The first-order chi connectivity index (χ1) is 17.6. The van der Waals surface area contributed by atoms with Gasteiger partial charge in [0.25, 0.3) is 5.91 Å². The number of aromatic nitrogens is 6. The zero-order valence-corrected chi connectivity index (χ0v) is 19.5. The van der Waals surface area contributed by atoms with Gasteiger partial charge in [-0.2, -0.15) is 0 Å². The molecule has 0 radical (unpaired) electrons. The quantitative estimate of drug-likeness (QED) is 0.307. The number of hydrogen-bond donors (Lipinski definition) is 4. The second-order valence-electron chi connectivity index (χ2n) is 8.58. The van der Waals surface area contributed by atoms with E-state index in [2.05, 4.69) is 40.5 Å². The molecule has 3 aromatic heterocycles. The van der Waals surface area contributed by atoms with Gasteiger partial charge in [0.1, 0.15) is 5.82 Å². The number of hydrogen-bond acceptors (Lipinski definition) is 10. The molecule has 11 nitrogen and oxygen atoms in total. The van der Waals surface area contributed by atoms with Crippen LogP contribution in [0.1, 0.15) is 36.2 Å². The Morgan fingerprint density at radius 3 is 2.06 bits per heavy atom. The van der Waals surface area contributed by atoms with Crippen molar-refractivity contribution in [1.82, 2.24) is 29.9 Å². The number of carbonyl (C=O) groups is 1. The smallest absolute Gasteiger partial charge is 0.271 e. The number of nitrogens with one attached hydrogen (secondary N) is 2. The van der Waals surface area contributed by atoms with Gasteiger partial charge in [0.2, 0.25) is 0 Å². The molecule has 6 N–H and O–H groups in total. The fourth-order valence-electron chi connectivity index (χ4n) is 4.25. The maximum atomic E-state index is 12.1. The standard InChI is InChI=1S/C25H26N10O/c26-18-5-1-2-6-19(18)34-20-14-32-21(22(27)36)25(35-20)33-17-12-15(23-28-7-3-8-29-23)11-16(13-17)24-30-9-4-10-31-24/h3-4,7-14,18-19H,1-2,5-6,26H2,(H2,27,36)(H2,33,34,35)/t18-,19+/m0/s1. The molecule has 36 heavy (non-hydrogen) atoms. The van der Waals surface area contributed by atoms with Crippen molar-refractivity contribution in [3.63, 3.8) is 0 Å². The Kier molecular flexibility index (Phi) is 6.72. The van der Waals surface area contributed by atoms with Gasteiger partial charge in [-0.15, -0.1) is 0 Å². The van der Waals surface area contributed by atoms with Crippen molar-refractivity contribution < 1.29 is 4.79 Å². The Hall–Kier alpha value is -4.51. The molecule has 3 heterocycles. The molecule has 4 aromatic rings. The van der Waals surface area contributed by atoms with Crippen molar-refractivity contribution in [2.24, 2.45) is 11.5 Å². The Balaban J connectivity index is 1.52. The molecule has 5 rings (SSSR count). The molecule has 2 atom stereocenters. The van der Waals surface area contributed by atoms with Crippen LogP contribution in [-0.4, -0.2) is 47.9 Å². The highest BCUT2D eigenvalue weighted by Gasteiger charge is 2.23. The zero-order valence-electron chi connectivity index (χ0n) is 19.5. The zero-order chi connectivity index (χ0) is 24.9. The van der Waals surface area contributed by atoms with Crippen LogP contribution in [0.2, 0.25) is 0 Å². The van der Waals surface area contributed by atoms with Crippen LogP contribution in [0.4, 0.5) is 17.3 Å². The van der Waals surface area contributed by atoms with E-state index in [0.717, 1.165) is 36.8 Å². The van der Waals surface area contributed by atoms with Gasteiger partial charge in [0.05, 0.1) is 6.20 Å². The lowest BCUT2D eigenvalue weighted by atomic mass is 9.91. The lowest BCUT2D eigenvalue weighted by Crippen LogP contribution is -2.42. The summed E-state index contributed by atoms with van der Waals surface area (Å²) >= 11 is 0. The molecule has 0 unspecified atom stereocenters. The van der Waals surface area contributed by atoms with Gasteiger partial charge in [-0.3, -0.25) is 4.79 Å². The highest BCUT2D eigenvalue weighted by Crippen LogP contribution is 2.30. The van der Waals surface area contributed by atoms with Crippen molar-refractivity contribution in [3.05, 3.63) is 67.0 Å². The molecule has 182 valence electrons. The third-order valence-corrected chi connectivity index (χ3v) is 6.00. The third-order valence-electron chi connectivity index (χ3n) is 6.00. The predicted molar refractivity (Wildman–Crippen MR) is 136 cm³/mol. The molecule has 0 bridgehead atoms. The minimum absolute atomic E-state index is 0.0207. The molecule has 1 aliphatic carbocycles. The first-order valence-electron chi connectivity index (χ1n) is 11.7. The van der Waals surface area contributed by atoms with E-state index in [1.165, 1.54) is 6.20 Å². The van der Waals surface area contributed by atoms with Gasteiger partial charge in [0.15, 0.2) is 23.2 Å². The summed E-state index contributed by atoms with van der Waals surface area (Å²) in [6.45, 7) is 0. The van der Waals surface area contributed by atoms with E-state index in [9.17, 15) is 4.79 Å². The molecule has 0 aliphatic heterocycles. The minimum atomic E-state index is -0.694. The third kappa shape index (κ3) is 5.26. The number of rotatable bonds is 7. The van der Waals surface area contributed by atoms with Gasteiger partial charge >= 0.3 is 0 Å².